The second kappa shape index (κ2) is 5.57. The third-order valence-corrected chi connectivity index (χ3v) is 6.07. The molecule has 1 nitrogen and oxygen atoms in total. The van der Waals surface area contributed by atoms with Gasteiger partial charge < -0.3 is 0 Å². The fourth-order valence-corrected chi connectivity index (χ4v) is 5.24. The van der Waals surface area contributed by atoms with Gasteiger partial charge in [0.1, 0.15) is 6.61 Å². The number of hydrogen-bond acceptors (Lipinski definition) is 2. The first-order chi connectivity index (χ1) is 8.90. The van der Waals surface area contributed by atoms with Crippen molar-refractivity contribution in [3.63, 3.8) is 0 Å². The molecule has 0 fully saturated rings. The van der Waals surface area contributed by atoms with Crippen LogP contribution in [0.2, 0.25) is 0 Å². The summed E-state index contributed by atoms with van der Waals surface area (Å²) in [5.41, 5.74) is 0. The molecular formula is C14H12ClOS2+. The normalized spacial score (nSPS) is 14.1. The minimum absolute atomic E-state index is 0.300. The van der Waals surface area contributed by atoms with Crippen molar-refractivity contribution in [2.75, 3.05) is 12.5 Å². The molecule has 0 aliphatic carbocycles. The van der Waals surface area contributed by atoms with Gasteiger partial charge in [-0.25, -0.2) is 0 Å². The molecule has 0 atom stereocenters. The van der Waals surface area contributed by atoms with Crippen LogP contribution in [0, 0.1) is 0 Å². The maximum absolute atomic E-state index is 5.97. The van der Waals surface area contributed by atoms with E-state index in [4.69, 9.17) is 15.8 Å². The Kier molecular flexibility index (Phi) is 3.85. The van der Waals surface area contributed by atoms with Crippen molar-refractivity contribution in [3.8, 4) is 0 Å². The molecule has 0 N–H and O–H groups in total. The summed E-state index contributed by atoms with van der Waals surface area (Å²) in [6.45, 7) is 0.581. The molecule has 1 aliphatic heterocycles. The van der Waals surface area contributed by atoms with Crippen molar-refractivity contribution in [2.45, 2.75) is 19.6 Å². The third-order valence-electron chi connectivity index (χ3n) is 2.60. The van der Waals surface area contributed by atoms with Gasteiger partial charge in [0, 0.05) is 0 Å². The van der Waals surface area contributed by atoms with Gasteiger partial charge in [-0.15, -0.1) is 11.6 Å². The minimum Gasteiger partial charge on any atom is -0.160 e. The predicted octanol–water partition coefficient (Wildman–Crippen LogP) is 4.36. The molecule has 0 saturated carbocycles. The lowest BCUT2D eigenvalue weighted by Crippen LogP contribution is -2.14. The topological polar surface area (TPSA) is 9.23 Å². The highest BCUT2D eigenvalue weighted by Crippen LogP contribution is 2.45. The summed E-state index contributed by atoms with van der Waals surface area (Å²) in [5.74, 6) is 0.529. The van der Waals surface area contributed by atoms with Gasteiger partial charge in [-0.1, -0.05) is 36.0 Å². The third kappa shape index (κ3) is 2.28. The quantitative estimate of drug-likeness (QED) is 0.615. The Morgan fingerprint density at radius 1 is 0.944 bits per heavy atom. The van der Waals surface area contributed by atoms with Crippen molar-refractivity contribution in [2.24, 2.45) is 0 Å². The highest BCUT2D eigenvalue weighted by Gasteiger charge is 2.37. The summed E-state index contributed by atoms with van der Waals surface area (Å²) < 4.78 is 5.97. The first-order valence-corrected chi connectivity index (χ1v) is 8.19. The Balaban J connectivity index is 2.05. The van der Waals surface area contributed by atoms with Crippen LogP contribution in [-0.2, 0) is 15.4 Å². The number of rotatable bonds is 3. The molecule has 3 rings (SSSR count). The van der Waals surface area contributed by atoms with E-state index in [1.54, 1.807) is 0 Å². The molecule has 18 heavy (non-hydrogen) atoms. The lowest BCUT2D eigenvalue weighted by molar-refractivity contribution is 0.388. The molecular weight excluding hydrogens is 284 g/mol. The standard InChI is InChI=1S/C14H12ClOS2/c15-9-10-16-18-13-7-3-1-5-11(13)17-12-6-2-4-8-14(12)18/h1-8H,9-10H2/q+1. The smallest absolute Gasteiger partial charge is 0.160 e. The van der Waals surface area contributed by atoms with Crippen molar-refractivity contribution < 1.29 is 4.18 Å². The number of hydrogen-bond donors (Lipinski definition) is 0. The highest BCUT2D eigenvalue weighted by atomic mass is 35.5. The number of halogens is 1. The Labute approximate surface area is 119 Å². The molecule has 2 aromatic carbocycles. The zero-order valence-electron chi connectivity index (χ0n) is 9.64. The molecule has 92 valence electrons. The van der Waals surface area contributed by atoms with Crippen LogP contribution in [0.3, 0.4) is 0 Å². The molecule has 0 unspecified atom stereocenters. The van der Waals surface area contributed by atoms with Crippen molar-refractivity contribution in [1.82, 2.24) is 0 Å². The second-order valence-electron chi connectivity index (χ2n) is 3.78. The van der Waals surface area contributed by atoms with Gasteiger partial charge in [-0.2, -0.15) is 4.18 Å². The summed E-state index contributed by atoms with van der Waals surface area (Å²) in [6.07, 6.45) is 0. The van der Waals surface area contributed by atoms with E-state index in [1.165, 1.54) is 19.6 Å². The number of alkyl halides is 1. The Morgan fingerprint density at radius 3 is 2.06 bits per heavy atom. The van der Waals surface area contributed by atoms with E-state index >= 15 is 0 Å². The van der Waals surface area contributed by atoms with E-state index in [1.807, 2.05) is 11.8 Å². The average molecular weight is 296 g/mol. The molecule has 0 aromatic heterocycles. The van der Waals surface area contributed by atoms with Crippen LogP contribution in [0.5, 0.6) is 0 Å². The van der Waals surface area contributed by atoms with Crippen LogP contribution in [0.25, 0.3) is 0 Å². The Hall–Kier alpha value is -0.610. The summed E-state index contributed by atoms with van der Waals surface area (Å²) in [5, 5.41) is 0. The molecule has 1 aliphatic rings. The maximum Gasteiger partial charge on any atom is 0.225 e. The summed E-state index contributed by atoms with van der Waals surface area (Å²) in [6, 6.07) is 16.9. The molecule has 0 spiro atoms. The van der Waals surface area contributed by atoms with E-state index in [2.05, 4.69) is 48.5 Å². The van der Waals surface area contributed by atoms with Crippen LogP contribution in [0.1, 0.15) is 0 Å². The molecule has 4 heteroatoms. The van der Waals surface area contributed by atoms with Crippen LogP contribution in [-0.4, -0.2) is 12.5 Å². The molecule has 2 aromatic rings. The van der Waals surface area contributed by atoms with E-state index < -0.39 is 0 Å². The zero-order valence-corrected chi connectivity index (χ0v) is 12.0. The van der Waals surface area contributed by atoms with Gasteiger partial charge in [-0.05, 0) is 24.3 Å². The minimum atomic E-state index is -0.300. The monoisotopic (exact) mass is 295 g/mol. The van der Waals surface area contributed by atoms with Gasteiger partial charge in [-0.3, -0.25) is 0 Å². The van der Waals surface area contributed by atoms with E-state index in [-0.39, 0.29) is 11.2 Å². The number of fused-ring (bicyclic) bond motifs is 2. The van der Waals surface area contributed by atoms with Crippen LogP contribution in [0.15, 0.2) is 68.1 Å². The van der Waals surface area contributed by atoms with Crippen LogP contribution < -0.4 is 0 Å². The van der Waals surface area contributed by atoms with Crippen molar-refractivity contribution in [3.05, 3.63) is 48.5 Å². The summed E-state index contributed by atoms with van der Waals surface area (Å²) >= 11 is 7.26. The molecule has 0 bridgehead atoms. The van der Waals surface area contributed by atoms with Gasteiger partial charge in [0.25, 0.3) is 0 Å². The molecule has 0 amide bonds. The van der Waals surface area contributed by atoms with E-state index in [9.17, 15) is 0 Å². The molecule has 1 heterocycles. The SMILES string of the molecule is ClCCO[S+]1c2ccccc2Sc2ccccc21. The highest BCUT2D eigenvalue weighted by molar-refractivity contribution is 8.02. The van der Waals surface area contributed by atoms with Gasteiger partial charge in [0.2, 0.25) is 21.0 Å². The van der Waals surface area contributed by atoms with E-state index in [0.717, 1.165) is 0 Å². The maximum atomic E-state index is 5.97. The fourth-order valence-electron chi connectivity index (χ4n) is 1.85. The first kappa shape index (κ1) is 12.4. The van der Waals surface area contributed by atoms with E-state index in [0.29, 0.717) is 12.5 Å². The van der Waals surface area contributed by atoms with Gasteiger partial charge in [0.15, 0.2) is 0 Å². The lowest BCUT2D eigenvalue weighted by atomic mass is 10.3. The summed E-state index contributed by atoms with van der Waals surface area (Å²) in [7, 11) is 0. The lowest BCUT2D eigenvalue weighted by Gasteiger charge is -2.16. The largest absolute Gasteiger partial charge is 0.225 e. The van der Waals surface area contributed by atoms with Crippen molar-refractivity contribution in [1.29, 1.82) is 0 Å². The first-order valence-electron chi connectivity index (χ1n) is 5.69. The van der Waals surface area contributed by atoms with Crippen LogP contribution in [0.4, 0.5) is 0 Å². The molecule has 0 radical (unpaired) electrons. The Morgan fingerprint density at radius 2 is 1.50 bits per heavy atom. The predicted molar refractivity (Wildman–Crippen MR) is 77.6 cm³/mol. The average Bonchev–Trinajstić information content (AvgIpc) is 2.43. The summed E-state index contributed by atoms with van der Waals surface area (Å²) in [4.78, 5) is 5.11. The van der Waals surface area contributed by atoms with Crippen molar-refractivity contribution >= 4 is 34.5 Å². The Bertz CT molecular complexity index is 513. The van der Waals surface area contributed by atoms with Gasteiger partial charge >= 0.3 is 0 Å². The van der Waals surface area contributed by atoms with Gasteiger partial charge in [0.05, 0.1) is 15.7 Å². The number of benzene rings is 2. The molecule has 0 saturated heterocycles. The zero-order chi connectivity index (χ0) is 12.4. The van der Waals surface area contributed by atoms with Crippen LogP contribution >= 0.6 is 23.4 Å². The second-order valence-corrected chi connectivity index (χ2v) is 6.89. The fraction of sp³-hybridized carbons (Fsp3) is 0.143.